The SMILES string of the molecule is Cc1cccc(/C=N/Nc2cc(-c3ccncc3)cc(OCCN3CCOCC3)n2)c1. The van der Waals surface area contributed by atoms with Crippen molar-refractivity contribution in [2.24, 2.45) is 5.10 Å². The van der Waals surface area contributed by atoms with Crippen LogP contribution < -0.4 is 10.2 Å². The molecule has 1 N–H and O–H groups in total. The van der Waals surface area contributed by atoms with E-state index in [0.29, 0.717) is 18.3 Å². The van der Waals surface area contributed by atoms with Crippen molar-refractivity contribution in [2.45, 2.75) is 6.92 Å². The molecular formula is C24H27N5O2. The molecule has 1 fully saturated rings. The van der Waals surface area contributed by atoms with Gasteiger partial charge in [0.1, 0.15) is 6.61 Å². The fourth-order valence-electron chi connectivity index (χ4n) is 3.37. The number of anilines is 1. The lowest BCUT2D eigenvalue weighted by atomic mass is 10.1. The number of hydrogen-bond acceptors (Lipinski definition) is 7. The van der Waals surface area contributed by atoms with E-state index in [9.17, 15) is 0 Å². The number of hydrogen-bond donors (Lipinski definition) is 1. The molecule has 4 rings (SSSR count). The average molecular weight is 418 g/mol. The fourth-order valence-corrected chi connectivity index (χ4v) is 3.37. The Balaban J connectivity index is 1.47. The highest BCUT2D eigenvalue weighted by atomic mass is 16.5. The molecule has 1 aromatic carbocycles. The van der Waals surface area contributed by atoms with Crippen molar-refractivity contribution in [3.05, 3.63) is 72.1 Å². The van der Waals surface area contributed by atoms with E-state index >= 15 is 0 Å². The average Bonchev–Trinajstić information content (AvgIpc) is 2.80. The third-order valence-electron chi connectivity index (χ3n) is 5.01. The van der Waals surface area contributed by atoms with Gasteiger partial charge in [-0.15, -0.1) is 0 Å². The summed E-state index contributed by atoms with van der Waals surface area (Å²) in [4.78, 5) is 11.0. The fraction of sp³-hybridized carbons (Fsp3) is 0.292. The van der Waals surface area contributed by atoms with Gasteiger partial charge in [-0.2, -0.15) is 10.1 Å². The summed E-state index contributed by atoms with van der Waals surface area (Å²) in [5.74, 6) is 1.19. The zero-order valence-corrected chi connectivity index (χ0v) is 17.7. The monoisotopic (exact) mass is 417 g/mol. The molecule has 2 aromatic heterocycles. The number of nitrogens with one attached hydrogen (secondary N) is 1. The molecule has 7 nitrogen and oxygen atoms in total. The van der Waals surface area contributed by atoms with Crippen LogP contribution in [0.1, 0.15) is 11.1 Å². The van der Waals surface area contributed by atoms with Gasteiger partial charge in [-0.25, -0.2) is 0 Å². The highest BCUT2D eigenvalue weighted by Gasteiger charge is 2.11. The predicted molar refractivity (Wildman–Crippen MR) is 123 cm³/mol. The van der Waals surface area contributed by atoms with E-state index in [1.54, 1.807) is 18.6 Å². The van der Waals surface area contributed by atoms with Crippen molar-refractivity contribution in [1.82, 2.24) is 14.9 Å². The number of benzene rings is 1. The minimum absolute atomic E-state index is 0.566. The Bertz CT molecular complexity index is 1000. The number of ether oxygens (including phenoxy) is 2. The Morgan fingerprint density at radius 1 is 1.10 bits per heavy atom. The summed E-state index contributed by atoms with van der Waals surface area (Å²) in [7, 11) is 0. The normalized spacial score (nSPS) is 14.6. The van der Waals surface area contributed by atoms with Gasteiger partial charge in [0.05, 0.1) is 19.4 Å². The van der Waals surface area contributed by atoms with Crippen molar-refractivity contribution >= 4 is 12.0 Å². The van der Waals surface area contributed by atoms with Crippen molar-refractivity contribution in [1.29, 1.82) is 0 Å². The molecule has 0 aliphatic carbocycles. The molecule has 0 atom stereocenters. The first-order valence-corrected chi connectivity index (χ1v) is 10.5. The Morgan fingerprint density at radius 3 is 2.74 bits per heavy atom. The summed E-state index contributed by atoms with van der Waals surface area (Å²) in [5, 5.41) is 4.36. The largest absolute Gasteiger partial charge is 0.476 e. The van der Waals surface area contributed by atoms with Crippen LogP contribution in [-0.4, -0.2) is 60.5 Å². The van der Waals surface area contributed by atoms with Gasteiger partial charge >= 0.3 is 0 Å². The zero-order valence-electron chi connectivity index (χ0n) is 17.7. The molecule has 7 heteroatoms. The van der Waals surface area contributed by atoms with Gasteiger partial charge < -0.3 is 9.47 Å². The Kier molecular flexibility index (Phi) is 7.20. The third kappa shape index (κ3) is 6.34. The lowest BCUT2D eigenvalue weighted by Crippen LogP contribution is -2.38. The molecule has 0 radical (unpaired) electrons. The molecule has 0 bridgehead atoms. The first-order valence-electron chi connectivity index (χ1n) is 10.5. The van der Waals surface area contributed by atoms with Gasteiger partial charge in [0, 0.05) is 38.1 Å². The summed E-state index contributed by atoms with van der Waals surface area (Å²) < 4.78 is 11.4. The minimum Gasteiger partial charge on any atom is -0.476 e. The van der Waals surface area contributed by atoms with Crippen LogP contribution >= 0.6 is 0 Å². The molecule has 1 aliphatic rings. The second-order valence-corrected chi connectivity index (χ2v) is 7.40. The summed E-state index contributed by atoms with van der Waals surface area (Å²) in [6.07, 6.45) is 5.34. The van der Waals surface area contributed by atoms with Crippen LogP contribution in [0.15, 0.2) is 66.0 Å². The molecule has 3 aromatic rings. The van der Waals surface area contributed by atoms with Gasteiger partial charge in [0.25, 0.3) is 0 Å². The number of pyridine rings is 2. The molecule has 3 heterocycles. The second-order valence-electron chi connectivity index (χ2n) is 7.40. The molecule has 160 valence electrons. The highest BCUT2D eigenvalue weighted by Crippen LogP contribution is 2.25. The summed E-state index contributed by atoms with van der Waals surface area (Å²) in [5.41, 5.74) is 7.29. The van der Waals surface area contributed by atoms with Gasteiger partial charge in [-0.3, -0.25) is 15.3 Å². The number of aryl methyl sites for hydroxylation is 1. The molecule has 0 amide bonds. The van der Waals surface area contributed by atoms with Crippen LogP contribution in [0.25, 0.3) is 11.1 Å². The number of nitrogens with zero attached hydrogens (tertiary/aromatic N) is 4. The number of morpholine rings is 1. The molecule has 31 heavy (non-hydrogen) atoms. The van der Waals surface area contributed by atoms with E-state index in [1.807, 2.05) is 36.4 Å². The Labute approximate surface area is 182 Å². The number of rotatable bonds is 8. The predicted octanol–water partition coefficient (Wildman–Crippen LogP) is 3.61. The first-order chi connectivity index (χ1) is 15.3. The maximum Gasteiger partial charge on any atom is 0.215 e. The van der Waals surface area contributed by atoms with E-state index in [2.05, 4.69) is 44.5 Å². The Hall–Kier alpha value is -3.29. The van der Waals surface area contributed by atoms with Gasteiger partial charge in [-0.1, -0.05) is 29.8 Å². The Morgan fingerprint density at radius 2 is 1.94 bits per heavy atom. The quantitative estimate of drug-likeness (QED) is 0.446. The number of aromatic nitrogens is 2. The standard InChI is InChI=1S/C24H27N5O2/c1-19-3-2-4-20(15-19)18-26-28-23-16-22(21-5-7-25-8-6-21)17-24(27-23)31-14-11-29-9-12-30-13-10-29/h2-8,15-18H,9-14H2,1H3,(H,27,28)/b26-18+. The van der Waals surface area contributed by atoms with Crippen molar-refractivity contribution in [3.63, 3.8) is 0 Å². The van der Waals surface area contributed by atoms with Crippen molar-refractivity contribution < 1.29 is 9.47 Å². The minimum atomic E-state index is 0.566. The van der Waals surface area contributed by atoms with E-state index in [0.717, 1.165) is 49.5 Å². The van der Waals surface area contributed by atoms with Gasteiger partial charge in [-0.05, 0) is 41.8 Å². The highest BCUT2D eigenvalue weighted by molar-refractivity contribution is 5.80. The molecule has 0 saturated carbocycles. The number of hydrazone groups is 1. The first kappa shape index (κ1) is 21.0. The lowest BCUT2D eigenvalue weighted by Gasteiger charge is -2.26. The molecule has 1 saturated heterocycles. The maximum absolute atomic E-state index is 5.99. The maximum atomic E-state index is 5.99. The van der Waals surface area contributed by atoms with Gasteiger partial charge in [0.15, 0.2) is 5.82 Å². The van der Waals surface area contributed by atoms with Crippen molar-refractivity contribution in [2.75, 3.05) is 44.9 Å². The van der Waals surface area contributed by atoms with Crippen LogP contribution in [0.2, 0.25) is 0 Å². The van der Waals surface area contributed by atoms with E-state index in [1.165, 1.54) is 5.56 Å². The molecule has 0 spiro atoms. The lowest BCUT2D eigenvalue weighted by molar-refractivity contribution is 0.0320. The van der Waals surface area contributed by atoms with Crippen LogP contribution in [0, 0.1) is 6.92 Å². The summed E-state index contributed by atoms with van der Waals surface area (Å²) >= 11 is 0. The molecular weight excluding hydrogens is 390 g/mol. The van der Waals surface area contributed by atoms with Crippen molar-refractivity contribution in [3.8, 4) is 17.0 Å². The summed E-state index contributed by atoms with van der Waals surface area (Å²) in [6, 6.07) is 16.0. The molecule has 1 aliphatic heterocycles. The van der Waals surface area contributed by atoms with E-state index < -0.39 is 0 Å². The smallest absolute Gasteiger partial charge is 0.215 e. The van der Waals surface area contributed by atoms with Crippen LogP contribution in [0.4, 0.5) is 5.82 Å². The van der Waals surface area contributed by atoms with Crippen LogP contribution in [0.3, 0.4) is 0 Å². The van der Waals surface area contributed by atoms with E-state index in [4.69, 9.17) is 9.47 Å². The van der Waals surface area contributed by atoms with E-state index in [-0.39, 0.29) is 0 Å². The zero-order chi connectivity index (χ0) is 21.3. The summed E-state index contributed by atoms with van der Waals surface area (Å²) in [6.45, 7) is 6.91. The second kappa shape index (κ2) is 10.7. The van der Waals surface area contributed by atoms with Gasteiger partial charge in [0.2, 0.25) is 5.88 Å². The topological polar surface area (TPSA) is 71.9 Å². The van der Waals surface area contributed by atoms with Crippen LogP contribution in [-0.2, 0) is 4.74 Å². The third-order valence-corrected chi connectivity index (χ3v) is 5.01. The van der Waals surface area contributed by atoms with Crippen LogP contribution in [0.5, 0.6) is 5.88 Å². The molecule has 0 unspecified atom stereocenters.